The summed E-state index contributed by atoms with van der Waals surface area (Å²) in [6.07, 6.45) is 0.358. The molecule has 13 heteroatoms. The average Bonchev–Trinajstić information content (AvgIpc) is 2.91. The van der Waals surface area contributed by atoms with Gasteiger partial charge in [0.2, 0.25) is 23.6 Å². The van der Waals surface area contributed by atoms with Crippen LogP contribution in [-0.4, -0.2) is 76.1 Å². The molecule has 3 atom stereocenters. The summed E-state index contributed by atoms with van der Waals surface area (Å²) < 4.78 is 0. The van der Waals surface area contributed by atoms with Crippen LogP contribution in [0.25, 0.3) is 0 Å². The number of nitrogens with one attached hydrogen (secondary N) is 4. The summed E-state index contributed by atoms with van der Waals surface area (Å²) in [6, 6.07) is 8.83. The van der Waals surface area contributed by atoms with Gasteiger partial charge < -0.3 is 42.3 Å². The maximum Gasteiger partial charge on any atom is 0.326 e. The maximum atomic E-state index is 13.0. The van der Waals surface area contributed by atoms with Crippen molar-refractivity contribution in [2.75, 3.05) is 13.1 Å². The highest BCUT2D eigenvalue weighted by molar-refractivity contribution is 5.93. The minimum atomic E-state index is -1.21. The number of hydrogen-bond donors (Lipinski definition) is 8. The minimum absolute atomic E-state index is 0.00516. The molecule has 2 aromatic carbocycles. The van der Waals surface area contributed by atoms with Crippen LogP contribution in [0.5, 0.6) is 11.5 Å². The molecular weight excluding hydrogens is 534 g/mol. The van der Waals surface area contributed by atoms with E-state index < -0.39 is 60.8 Å². The van der Waals surface area contributed by atoms with Crippen molar-refractivity contribution in [3.05, 3.63) is 59.7 Å². The van der Waals surface area contributed by atoms with Gasteiger partial charge in [0.15, 0.2) is 0 Å². The molecule has 0 aromatic heterocycles. The molecule has 0 spiro atoms. The van der Waals surface area contributed by atoms with Gasteiger partial charge in [0.25, 0.3) is 0 Å². The van der Waals surface area contributed by atoms with Crippen LogP contribution in [0.1, 0.15) is 31.4 Å². The van der Waals surface area contributed by atoms with Crippen LogP contribution in [0.2, 0.25) is 0 Å². The van der Waals surface area contributed by atoms with Gasteiger partial charge in [-0.3, -0.25) is 19.2 Å². The average molecular weight is 572 g/mol. The van der Waals surface area contributed by atoms with Crippen molar-refractivity contribution in [1.29, 1.82) is 0 Å². The number of hydrogen-bond acceptors (Lipinski definition) is 8. The molecule has 0 unspecified atom stereocenters. The number of phenols is 2. The summed E-state index contributed by atoms with van der Waals surface area (Å²) >= 11 is 0. The molecule has 0 saturated carbocycles. The first-order valence-corrected chi connectivity index (χ1v) is 13.0. The monoisotopic (exact) mass is 571 g/mol. The molecule has 0 aliphatic heterocycles. The van der Waals surface area contributed by atoms with Gasteiger partial charge in [-0.25, -0.2) is 4.79 Å². The number of benzene rings is 2. The Bertz CT molecular complexity index is 1200. The zero-order valence-electron chi connectivity index (χ0n) is 22.9. The van der Waals surface area contributed by atoms with Crippen molar-refractivity contribution in [2.24, 2.45) is 11.7 Å². The molecule has 0 heterocycles. The maximum absolute atomic E-state index is 13.0. The molecule has 13 nitrogen and oxygen atoms in total. The number of carbonyl (C=O) groups is 5. The molecule has 0 radical (unpaired) electrons. The number of nitrogens with two attached hydrogens (primary N) is 1. The Morgan fingerprint density at radius 2 is 1.22 bits per heavy atom. The number of carboxylic acid groups (broad SMARTS) is 1. The molecule has 2 aromatic rings. The topological polar surface area (TPSA) is 220 Å². The molecule has 9 N–H and O–H groups in total. The normalized spacial score (nSPS) is 13.0. The van der Waals surface area contributed by atoms with E-state index in [4.69, 9.17) is 5.73 Å². The van der Waals surface area contributed by atoms with Gasteiger partial charge in [-0.2, -0.15) is 0 Å². The second-order valence-electron chi connectivity index (χ2n) is 9.99. The lowest BCUT2D eigenvalue weighted by atomic mass is 10.0. The van der Waals surface area contributed by atoms with Gasteiger partial charge in [-0.05, 0) is 54.2 Å². The summed E-state index contributed by atoms with van der Waals surface area (Å²) in [5.74, 6) is -3.83. The molecule has 0 bridgehead atoms. The van der Waals surface area contributed by atoms with E-state index in [1.165, 1.54) is 24.3 Å². The standard InChI is InChI=1S/C28H37N5O8/c1-16(2)11-23(28(40)41)33-27(39)22(13-18-5-9-20(35)10-6-18)32-25(37)15-30-24(36)14-31-26(38)21(29)12-17-3-7-19(34)8-4-17/h3-10,16,21-23,34-35H,11-15,29H2,1-2H3,(H,30,36)(H,31,38)(H,32,37)(H,33,39)(H,40,41)/t21-,22-,23-/m0/s1. The van der Waals surface area contributed by atoms with Crippen molar-refractivity contribution in [3.8, 4) is 11.5 Å². The molecule has 222 valence electrons. The first-order chi connectivity index (χ1) is 19.3. The lowest BCUT2D eigenvalue weighted by Crippen LogP contribution is -2.54. The van der Waals surface area contributed by atoms with Crippen LogP contribution in [-0.2, 0) is 36.8 Å². The Kier molecular flexibility index (Phi) is 12.6. The number of rotatable bonds is 15. The van der Waals surface area contributed by atoms with Gasteiger partial charge >= 0.3 is 5.97 Å². The minimum Gasteiger partial charge on any atom is -0.508 e. The summed E-state index contributed by atoms with van der Waals surface area (Å²) in [6.45, 7) is 2.67. The van der Waals surface area contributed by atoms with Gasteiger partial charge in [-0.1, -0.05) is 38.1 Å². The quantitative estimate of drug-likeness (QED) is 0.138. The Morgan fingerprint density at radius 3 is 1.73 bits per heavy atom. The van der Waals surface area contributed by atoms with E-state index in [0.717, 1.165) is 5.56 Å². The second-order valence-corrected chi connectivity index (χ2v) is 9.99. The highest BCUT2D eigenvalue weighted by atomic mass is 16.4. The predicted molar refractivity (Wildman–Crippen MR) is 149 cm³/mol. The molecule has 2 rings (SSSR count). The second kappa shape index (κ2) is 15.8. The van der Waals surface area contributed by atoms with Gasteiger partial charge in [-0.15, -0.1) is 0 Å². The van der Waals surface area contributed by atoms with Gasteiger partial charge in [0, 0.05) is 6.42 Å². The number of phenolic OH excluding ortho intramolecular Hbond substituents is 2. The first kappa shape index (κ1) is 32.6. The molecule has 0 aliphatic rings. The van der Waals surface area contributed by atoms with Crippen molar-refractivity contribution in [2.45, 2.75) is 51.2 Å². The summed E-state index contributed by atoms with van der Waals surface area (Å²) in [5.41, 5.74) is 7.18. The lowest BCUT2D eigenvalue weighted by molar-refractivity contribution is -0.142. The van der Waals surface area contributed by atoms with Crippen molar-refractivity contribution >= 4 is 29.6 Å². The Hall–Kier alpha value is -4.65. The number of amides is 4. The van der Waals surface area contributed by atoms with Gasteiger partial charge in [0.1, 0.15) is 23.6 Å². The summed E-state index contributed by atoms with van der Waals surface area (Å²) in [5, 5.41) is 38.0. The van der Waals surface area contributed by atoms with E-state index >= 15 is 0 Å². The molecular formula is C28H37N5O8. The van der Waals surface area contributed by atoms with Gasteiger partial charge in [0.05, 0.1) is 19.1 Å². The van der Waals surface area contributed by atoms with E-state index in [-0.39, 0.29) is 36.7 Å². The van der Waals surface area contributed by atoms with E-state index in [0.29, 0.717) is 5.56 Å². The van der Waals surface area contributed by atoms with Crippen molar-refractivity contribution in [3.63, 3.8) is 0 Å². The molecule has 4 amide bonds. The zero-order chi connectivity index (χ0) is 30.5. The van der Waals surface area contributed by atoms with E-state index in [9.17, 15) is 39.3 Å². The Labute approximate surface area is 237 Å². The third-order valence-electron chi connectivity index (χ3n) is 5.95. The Balaban J connectivity index is 1.91. The van der Waals surface area contributed by atoms with E-state index in [1.54, 1.807) is 24.3 Å². The smallest absolute Gasteiger partial charge is 0.326 e. The predicted octanol–water partition coefficient (Wildman–Crippen LogP) is -0.457. The molecule has 0 fully saturated rings. The fraction of sp³-hybridized carbons (Fsp3) is 0.393. The van der Waals surface area contributed by atoms with E-state index in [2.05, 4.69) is 21.3 Å². The number of carboxylic acids is 1. The summed E-state index contributed by atoms with van der Waals surface area (Å²) in [4.78, 5) is 61.6. The largest absolute Gasteiger partial charge is 0.508 e. The highest BCUT2D eigenvalue weighted by Crippen LogP contribution is 2.13. The van der Waals surface area contributed by atoms with Crippen LogP contribution in [0.4, 0.5) is 0 Å². The third-order valence-corrected chi connectivity index (χ3v) is 5.95. The third kappa shape index (κ3) is 12.0. The first-order valence-electron chi connectivity index (χ1n) is 13.0. The number of carbonyl (C=O) groups excluding carboxylic acids is 4. The van der Waals surface area contributed by atoms with Crippen molar-refractivity contribution in [1.82, 2.24) is 21.3 Å². The summed E-state index contributed by atoms with van der Waals surface area (Å²) in [7, 11) is 0. The highest BCUT2D eigenvalue weighted by Gasteiger charge is 2.27. The fourth-order valence-electron chi connectivity index (χ4n) is 3.81. The fourth-order valence-corrected chi connectivity index (χ4v) is 3.81. The molecule has 0 aliphatic carbocycles. The number of aromatic hydroxyl groups is 2. The van der Waals surface area contributed by atoms with Crippen LogP contribution < -0.4 is 27.0 Å². The SMILES string of the molecule is CC(C)C[C@H](NC(=O)[C@H](Cc1ccc(O)cc1)NC(=O)CNC(=O)CNC(=O)[C@@H](N)Cc1ccc(O)cc1)C(=O)O. The van der Waals surface area contributed by atoms with Crippen LogP contribution >= 0.6 is 0 Å². The van der Waals surface area contributed by atoms with Crippen LogP contribution in [0, 0.1) is 5.92 Å². The van der Waals surface area contributed by atoms with E-state index in [1.807, 2.05) is 13.8 Å². The number of aliphatic carboxylic acids is 1. The lowest BCUT2D eigenvalue weighted by Gasteiger charge is -2.22. The zero-order valence-corrected chi connectivity index (χ0v) is 22.9. The van der Waals surface area contributed by atoms with Crippen molar-refractivity contribution < 1.29 is 39.3 Å². The molecule has 41 heavy (non-hydrogen) atoms. The van der Waals surface area contributed by atoms with Crippen LogP contribution in [0.15, 0.2) is 48.5 Å². The van der Waals surface area contributed by atoms with Crippen LogP contribution in [0.3, 0.4) is 0 Å². The molecule has 0 saturated heterocycles. The Morgan fingerprint density at radius 1 is 0.707 bits per heavy atom.